The maximum absolute atomic E-state index is 5.32. The third-order valence-corrected chi connectivity index (χ3v) is 4.04. The molecule has 1 aliphatic heterocycles. The van der Waals surface area contributed by atoms with E-state index in [1.165, 1.54) is 5.56 Å². The predicted octanol–water partition coefficient (Wildman–Crippen LogP) is 3.09. The number of rotatable bonds is 4. The highest BCUT2D eigenvalue weighted by atomic mass is 79.9. The van der Waals surface area contributed by atoms with Crippen LogP contribution in [-0.4, -0.2) is 25.6 Å². The van der Waals surface area contributed by atoms with E-state index < -0.39 is 0 Å². The molecule has 1 fully saturated rings. The van der Waals surface area contributed by atoms with Gasteiger partial charge in [-0.1, -0.05) is 15.9 Å². The van der Waals surface area contributed by atoms with Crippen LogP contribution < -0.4 is 4.74 Å². The first kappa shape index (κ1) is 11.3. The lowest BCUT2D eigenvalue weighted by Gasteiger charge is -2.25. The zero-order valence-electron chi connectivity index (χ0n) is 8.53. The van der Waals surface area contributed by atoms with Gasteiger partial charge in [0.05, 0.1) is 25.6 Å². The van der Waals surface area contributed by atoms with E-state index in [9.17, 15) is 0 Å². The molecule has 0 bridgehead atoms. The zero-order valence-corrected chi connectivity index (χ0v) is 10.9. The third kappa shape index (κ3) is 2.89. The van der Waals surface area contributed by atoms with Crippen LogP contribution in [0.1, 0.15) is 5.56 Å². The molecule has 15 heavy (non-hydrogen) atoms. The van der Waals surface area contributed by atoms with Gasteiger partial charge >= 0.3 is 0 Å². The van der Waals surface area contributed by atoms with Gasteiger partial charge in [-0.05, 0) is 18.2 Å². The Hall–Kier alpha value is -0.190. The van der Waals surface area contributed by atoms with Gasteiger partial charge in [-0.2, -0.15) is 0 Å². The monoisotopic (exact) mass is 288 g/mol. The molecule has 0 atom stereocenters. The number of thioether (sulfide) groups is 1. The van der Waals surface area contributed by atoms with Gasteiger partial charge in [-0.15, -0.1) is 11.8 Å². The highest BCUT2D eigenvalue weighted by Crippen LogP contribution is 2.30. The summed E-state index contributed by atoms with van der Waals surface area (Å²) >= 11 is 5.40. The Balaban J connectivity index is 2.00. The fourth-order valence-corrected chi connectivity index (χ4v) is 2.81. The van der Waals surface area contributed by atoms with Crippen LogP contribution >= 0.6 is 27.7 Å². The van der Waals surface area contributed by atoms with Crippen LogP contribution in [0.5, 0.6) is 5.75 Å². The van der Waals surface area contributed by atoms with E-state index in [0.717, 1.165) is 29.2 Å². The Labute approximate surface area is 102 Å². The van der Waals surface area contributed by atoms with Crippen LogP contribution in [0.25, 0.3) is 0 Å². The summed E-state index contributed by atoms with van der Waals surface area (Å²) in [5.74, 6) is 1.95. The van der Waals surface area contributed by atoms with Gasteiger partial charge in [0.1, 0.15) is 5.75 Å². The summed E-state index contributed by atoms with van der Waals surface area (Å²) in [6, 6.07) is 6.11. The van der Waals surface area contributed by atoms with Gasteiger partial charge in [0.2, 0.25) is 0 Å². The van der Waals surface area contributed by atoms with Crippen LogP contribution in [0.15, 0.2) is 22.7 Å². The van der Waals surface area contributed by atoms with Crippen molar-refractivity contribution < 1.29 is 9.47 Å². The van der Waals surface area contributed by atoms with Gasteiger partial charge in [0, 0.05) is 15.8 Å². The molecule has 2 rings (SSSR count). The van der Waals surface area contributed by atoms with E-state index in [1.807, 2.05) is 23.9 Å². The Morgan fingerprint density at radius 2 is 2.33 bits per heavy atom. The number of hydrogen-bond donors (Lipinski definition) is 0. The molecule has 0 unspecified atom stereocenters. The highest BCUT2D eigenvalue weighted by Gasteiger charge is 2.19. The van der Waals surface area contributed by atoms with Gasteiger partial charge in [-0.3, -0.25) is 0 Å². The van der Waals surface area contributed by atoms with Crippen molar-refractivity contribution in [1.82, 2.24) is 0 Å². The molecule has 0 saturated carbocycles. The Kier molecular flexibility index (Phi) is 3.94. The van der Waals surface area contributed by atoms with E-state index in [-0.39, 0.29) is 0 Å². The molecule has 1 aromatic rings. The van der Waals surface area contributed by atoms with Crippen LogP contribution in [0, 0.1) is 0 Å². The van der Waals surface area contributed by atoms with Crippen molar-refractivity contribution >= 4 is 27.7 Å². The second-order valence-electron chi connectivity index (χ2n) is 3.43. The smallest absolute Gasteiger partial charge is 0.122 e. The molecule has 0 radical (unpaired) electrons. The molecule has 0 aliphatic carbocycles. The summed E-state index contributed by atoms with van der Waals surface area (Å²) in [6.07, 6.45) is 0. The normalized spacial score (nSPS) is 16.1. The molecule has 0 N–H and O–H groups in total. The molecule has 4 heteroatoms. The van der Waals surface area contributed by atoms with Crippen molar-refractivity contribution in [1.29, 1.82) is 0 Å². The summed E-state index contributed by atoms with van der Waals surface area (Å²) in [5, 5.41) is 0.661. The van der Waals surface area contributed by atoms with Gasteiger partial charge < -0.3 is 9.47 Å². The van der Waals surface area contributed by atoms with Gasteiger partial charge in [0.15, 0.2) is 0 Å². The Bertz CT molecular complexity index is 339. The number of methoxy groups -OCH3 is 1. The van der Waals surface area contributed by atoms with Crippen molar-refractivity contribution in [3.8, 4) is 5.75 Å². The minimum atomic E-state index is 0.661. The minimum Gasteiger partial charge on any atom is -0.496 e. The number of ether oxygens (including phenoxy) is 2. The maximum Gasteiger partial charge on any atom is 0.122 e. The van der Waals surface area contributed by atoms with E-state index >= 15 is 0 Å². The molecule has 0 aromatic heterocycles. The SMILES string of the molecule is COc1ccc(Br)cc1CSC1COC1. The average molecular weight is 289 g/mol. The molecule has 1 aliphatic rings. The number of benzene rings is 1. The first-order valence-corrected chi connectivity index (χ1v) is 6.65. The summed E-state index contributed by atoms with van der Waals surface area (Å²) < 4.78 is 11.6. The van der Waals surface area contributed by atoms with E-state index in [2.05, 4.69) is 22.0 Å². The maximum atomic E-state index is 5.32. The largest absolute Gasteiger partial charge is 0.496 e. The molecule has 1 heterocycles. The van der Waals surface area contributed by atoms with Crippen molar-refractivity contribution in [2.45, 2.75) is 11.0 Å². The van der Waals surface area contributed by atoms with Crippen LogP contribution in [0.2, 0.25) is 0 Å². The topological polar surface area (TPSA) is 18.5 Å². The number of halogens is 1. The molecule has 0 spiro atoms. The fourth-order valence-electron chi connectivity index (χ4n) is 1.38. The van der Waals surface area contributed by atoms with Gasteiger partial charge in [0.25, 0.3) is 0 Å². The average Bonchev–Trinajstić information content (AvgIpc) is 2.16. The summed E-state index contributed by atoms with van der Waals surface area (Å²) in [7, 11) is 1.71. The van der Waals surface area contributed by atoms with E-state index in [4.69, 9.17) is 9.47 Å². The number of hydrogen-bond acceptors (Lipinski definition) is 3. The Morgan fingerprint density at radius 3 is 2.93 bits per heavy atom. The van der Waals surface area contributed by atoms with Crippen LogP contribution in [-0.2, 0) is 10.5 Å². The molecule has 0 amide bonds. The summed E-state index contributed by atoms with van der Waals surface area (Å²) in [4.78, 5) is 0. The predicted molar refractivity (Wildman–Crippen MR) is 66.6 cm³/mol. The minimum absolute atomic E-state index is 0.661. The van der Waals surface area contributed by atoms with Crippen LogP contribution in [0.3, 0.4) is 0 Å². The third-order valence-electron chi connectivity index (χ3n) is 2.32. The quantitative estimate of drug-likeness (QED) is 0.848. The second kappa shape index (κ2) is 5.23. The van der Waals surface area contributed by atoms with Gasteiger partial charge in [-0.25, -0.2) is 0 Å². The molecule has 1 saturated heterocycles. The van der Waals surface area contributed by atoms with E-state index in [0.29, 0.717) is 5.25 Å². The fraction of sp³-hybridized carbons (Fsp3) is 0.455. The second-order valence-corrected chi connectivity index (χ2v) is 5.63. The summed E-state index contributed by atoms with van der Waals surface area (Å²) in [5.41, 5.74) is 1.24. The zero-order chi connectivity index (χ0) is 10.7. The molecular weight excluding hydrogens is 276 g/mol. The lowest BCUT2D eigenvalue weighted by molar-refractivity contribution is 0.0455. The molecular formula is C11H13BrO2S. The van der Waals surface area contributed by atoms with Crippen molar-refractivity contribution in [2.75, 3.05) is 20.3 Å². The van der Waals surface area contributed by atoms with Crippen molar-refractivity contribution in [3.63, 3.8) is 0 Å². The molecule has 1 aromatic carbocycles. The van der Waals surface area contributed by atoms with Crippen LogP contribution in [0.4, 0.5) is 0 Å². The Morgan fingerprint density at radius 1 is 1.53 bits per heavy atom. The summed E-state index contributed by atoms with van der Waals surface area (Å²) in [6.45, 7) is 1.78. The first-order valence-electron chi connectivity index (χ1n) is 4.81. The lowest BCUT2D eigenvalue weighted by atomic mass is 10.2. The van der Waals surface area contributed by atoms with Crippen molar-refractivity contribution in [2.24, 2.45) is 0 Å². The standard InChI is InChI=1S/C11H13BrO2S/c1-13-11-3-2-9(12)4-8(11)7-15-10-5-14-6-10/h2-4,10H,5-7H2,1H3. The van der Waals surface area contributed by atoms with E-state index in [1.54, 1.807) is 7.11 Å². The molecule has 82 valence electrons. The van der Waals surface area contributed by atoms with Crippen molar-refractivity contribution in [3.05, 3.63) is 28.2 Å². The lowest BCUT2D eigenvalue weighted by Crippen LogP contribution is -2.30. The molecule has 2 nitrogen and oxygen atoms in total. The first-order chi connectivity index (χ1) is 7.29. The highest BCUT2D eigenvalue weighted by molar-refractivity contribution is 9.10.